The number of fused-ring (bicyclic) bond motifs is 6. The topological polar surface area (TPSA) is 78.1 Å². The first-order chi connectivity index (χ1) is 32.0. The van der Waals surface area contributed by atoms with Crippen LogP contribution in [0.3, 0.4) is 0 Å². The van der Waals surface area contributed by atoms with Crippen LogP contribution < -0.4 is 22.2 Å². The van der Waals surface area contributed by atoms with Crippen molar-refractivity contribution in [3.05, 3.63) is 184 Å². The first-order valence-corrected chi connectivity index (χ1v) is 27.3. The van der Waals surface area contributed by atoms with E-state index < -0.39 is 0 Å². The van der Waals surface area contributed by atoms with Gasteiger partial charge in [-0.15, -0.1) is 90.7 Å². The molecule has 0 aliphatic rings. The van der Waals surface area contributed by atoms with Gasteiger partial charge in [0.2, 0.25) is 0 Å². The fourth-order valence-electron chi connectivity index (χ4n) is 8.39. The second-order valence-corrected chi connectivity index (χ2v) is 24.9. The third-order valence-electron chi connectivity index (χ3n) is 11.7. The van der Waals surface area contributed by atoms with Crippen molar-refractivity contribution in [2.75, 3.05) is 0 Å². The van der Waals surface area contributed by atoms with E-state index in [0.717, 1.165) is 68.3 Å². The summed E-state index contributed by atoms with van der Waals surface area (Å²) in [6.07, 6.45) is 0. The van der Waals surface area contributed by atoms with E-state index in [2.05, 4.69) is 57.2 Å². The summed E-state index contributed by atoms with van der Waals surface area (Å²) in [5.41, 5.74) is 2.25. The molecule has 0 amide bonds. The molecule has 0 atom stereocenters. The number of nitrogens with zero attached hydrogens (tertiary/aromatic N) is 2. The van der Waals surface area contributed by atoms with E-state index in [0.29, 0.717) is 32.9 Å². The Balaban J connectivity index is 0.957. The summed E-state index contributed by atoms with van der Waals surface area (Å²) >= 11 is 13.1. The summed E-state index contributed by atoms with van der Waals surface area (Å²) in [5, 5.41) is 2.13. The zero-order valence-corrected chi connectivity index (χ0v) is 41.9. The molecule has 0 unspecified atom stereocenters. The average molecular weight is 1010 g/mol. The van der Waals surface area contributed by atoms with Crippen LogP contribution in [0.1, 0.15) is 20.9 Å². The van der Waals surface area contributed by atoms with Crippen LogP contribution in [0.5, 0.6) is 0 Å². The van der Waals surface area contributed by atoms with Gasteiger partial charge in [0.15, 0.2) is 0 Å². The van der Waals surface area contributed by atoms with Crippen LogP contribution in [0.2, 0.25) is 0 Å². The minimum atomic E-state index is -0.333. The van der Waals surface area contributed by atoms with Crippen molar-refractivity contribution in [3.8, 4) is 60.1 Å². The molecule has 0 N–H and O–H groups in total. The molecule has 10 aromatic heterocycles. The second kappa shape index (κ2) is 16.0. The molecule has 0 aliphatic heterocycles. The summed E-state index contributed by atoms with van der Waals surface area (Å²) in [4.78, 5) is 70.3. The van der Waals surface area contributed by atoms with Gasteiger partial charge >= 0.3 is 0 Å². The Morgan fingerprint density at radius 2 is 0.712 bits per heavy atom. The summed E-state index contributed by atoms with van der Waals surface area (Å²) in [6, 6.07) is 39.1. The quantitative estimate of drug-likeness (QED) is 0.159. The van der Waals surface area contributed by atoms with Crippen LogP contribution in [-0.2, 0) is 0 Å². The number of aryl methyl sites for hydroxylation is 4. The zero-order chi connectivity index (χ0) is 45.1. The molecule has 0 bridgehead atoms. The Kier molecular flexibility index (Phi) is 10.1. The molecule has 10 heterocycles. The van der Waals surface area contributed by atoms with E-state index >= 15 is 0 Å². The van der Waals surface area contributed by atoms with Gasteiger partial charge in [0.25, 0.3) is 22.2 Å². The Morgan fingerprint density at radius 1 is 0.333 bits per heavy atom. The first kappa shape index (κ1) is 41.7. The smallest absolute Gasteiger partial charge is 0.266 e. The molecule has 0 spiro atoms. The number of thiophene rings is 8. The van der Waals surface area contributed by atoms with Crippen LogP contribution in [0.25, 0.3) is 100 Å². The normalized spacial score (nSPS) is 11.9. The van der Waals surface area contributed by atoms with Crippen LogP contribution in [0.15, 0.2) is 141 Å². The lowest BCUT2D eigenvalue weighted by atomic mass is 10.2. The standard InChI is InChI=1S/C52H32N2O4S8/c1-25-19-39(60-28(25)4)40-20-26(2)44(63-40)43-24-34-48(66-43)47-33(51(57)54(52(34)58)30-13-9-6-10-14-30)23-42(65-47)38-18-16-36(62-38)35-15-17-37(61-35)41-22-32-46(64-41)45-31(21-27(3)59-45)49(55)53(50(32)56)29-11-7-5-8-12-29/h5-24H,1-4H3. The number of aromatic nitrogens is 2. The highest BCUT2D eigenvalue weighted by atomic mass is 32.1. The highest BCUT2D eigenvalue weighted by Gasteiger charge is 2.23. The molecule has 12 rings (SSSR count). The van der Waals surface area contributed by atoms with Crippen LogP contribution >= 0.6 is 90.7 Å². The Bertz CT molecular complexity index is 4180. The molecule has 0 saturated heterocycles. The maximum Gasteiger partial charge on any atom is 0.266 e. The number of benzene rings is 2. The lowest BCUT2D eigenvalue weighted by Gasteiger charge is -2.01. The summed E-state index contributed by atoms with van der Waals surface area (Å²) in [7, 11) is 0. The second-order valence-electron chi connectivity index (χ2n) is 16.0. The highest BCUT2D eigenvalue weighted by molar-refractivity contribution is 7.34. The Labute approximate surface area is 408 Å². The first-order valence-electron chi connectivity index (χ1n) is 20.8. The lowest BCUT2D eigenvalue weighted by Crippen LogP contribution is -2.28. The Morgan fingerprint density at radius 3 is 1.18 bits per heavy atom. The number of rotatable bonds is 7. The van der Waals surface area contributed by atoms with Crippen molar-refractivity contribution in [1.82, 2.24) is 9.13 Å². The molecule has 66 heavy (non-hydrogen) atoms. The van der Waals surface area contributed by atoms with E-state index in [4.69, 9.17) is 0 Å². The van der Waals surface area contributed by atoms with Gasteiger partial charge in [0.05, 0.1) is 51.7 Å². The van der Waals surface area contributed by atoms with Crippen molar-refractivity contribution in [2.24, 2.45) is 0 Å². The fourth-order valence-corrected chi connectivity index (χ4v) is 17.9. The molecule has 14 heteroatoms. The monoisotopic (exact) mass is 1000 g/mol. The molecule has 0 saturated carbocycles. The van der Waals surface area contributed by atoms with Crippen molar-refractivity contribution in [2.45, 2.75) is 27.7 Å². The van der Waals surface area contributed by atoms with E-state index in [-0.39, 0.29) is 22.2 Å². The number of hydrogen-bond acceptors (Lipinski definition) is 12. The van der Waals surface area contributed by atoms with Crippen molar-refractivity contribution in [3.63, 3.8) is 0 Å². The maximum absolute atomic E-state index is 14.6. The molecule has 12 aromatic rings. The van der Waals surface area contributed by atoms with E-state index in [9.17, 15) is 19.2 Å². The maximum atomic E-state index is 14.6. The van der Waals surface area contributed by atoms with Gasteiger partial charge in [0.1, 0.15) is 0 Å². The predicted molar refractivity (Wildman–Crippen MR) is 289 cm³/mol. The van der Waals surface area contributed by atoms with Gasteiger partial charge in [-0.2, -0.15) is 0 Å². The summed E-state index contributed by atoms with van der Waals surface area (Å²) in [5.74, 6) is 0. The Hall–Kier alpha value is -5.68. The molecular weight excluding hydrogens is 973 g/mol. The molecule has 0 aliphatic carbocycles. The molecule has 0 fully saturated rings. The summed E-state index contributed by atoms with van der Waals surface area (Å²) < 4.78 is 5.93. The van der Waals surface area contributed by atoms with Gasteiger partial charge in [-0.25, -0.2) is 9.13 Å². The molecule has 322 valence electrons. The molecule has 6 nitrogen and oxygen atoms in total. The largest absolute Gasteiger partial charge is 0.268 e. The van der Waals surface area contributed by atoms with Gasteiger partial charge in [-0.05, 0) is 124 Å². The average Bonchev–Trinajstić information content (AvgIpc) is 4.17. The fraction of sp³-hybridized carbons (Fsp3) is 0.0769. The van der Waals surface area contributed by atoms with Gasteiger partial charge < -0.3 is 0 Å². The summed E-state index contributed by atoms with van der Waals surface area (Å²) in [6.45, 7) is 8.43. The molecular formula is C52H32N2O4S8. The molecule has 0 radical (unpaired) electrons. The van der Waals surface area contributed by atoms with Crippen LogP contribution in [0, 0.1) is 27.7 Å². The third-order valence-corrected chi connectivity index (χ3v) is 22.0. The van der Waals surface area contributed by atoms with Crippen molar-refractivity contribution < 1.29 is 0 Å². The van der Waals surface area contributed by atoms with Crippen molar-refractivity contribution in [1.29, 1.82) is 0 Å². The SMILES string of the molecule is Cc1cc2c(=O)n(-c3ccccc3)c(=O)c3cc(-c4ccc(-c5ccc(-c6cc7c(=O)n(-c8ccccc8)c(=O)c8cc(-c9sc(-c%10cc(C)c(C)s%10)cc9C)sc8c7s6)s5)s4)sc3c2s1. The van der Waals surface area contributed by atoms with Crippen molar-refractivity contribution >= 4 is 131 Å². The minimum Gasteiger partial charge on any atom is -0.268 e. The van der Waals surface area contributed by atoms with Gasteiger partial charge in [-0.3, -0.25) is 19.2 Å². The van der Waals surface area contributed by atoms with E-state index in [1.165, 1.54) is 29.3 Å². The van der Waals surface area contributed by atoms with Crippen LogP contribution in [0.4, 0.5) is 0 Å². The van der Waals surface area contributed by atoms with Crippen LogP contribution in [-0.4, -0.2) is 9.13 Å². The van der Waals surface area contributed by atoms with E-state index in [1.807, 2.05) is 79.7 Å². The van der Waals surface area contributed by atoms with Gasteiger partial charge in [0, 0.05) is 58.5 Å². The zero-order valence-electron chi connectivity index (χ0n) is 35.3. The predicted octanol–water partition coefficient (Wildman–Crippen LogP) is 15.4. The lowest BCUT2D eigenvalue weighted by molar-refractivity contribution is 0.976. The number of hydrogen-bond donors (Lipinski definition) is 0. The van der Waals surface area contributed by atoms with E-state index in [1.54, 1.807) is 103 Å². The third kappa shape index (κ3) is 6.76. The number of para-hydroxylation sites is 2. The highest BCUT2D eigenvalue weighted by Crippen LogP contribution is 2.49. The molecule has 2 aromatic carbocycles. The minimum absolute atomic E-state index is 0.307. The van der Waals surface area contributed by atoms with Gasteiger partial charge in [-0.1, -0.05) is 36.4 Å².